The van der Waals surface area contributed by atoms with Crippen molar-refractivity contribution in [2.24, 2.45) is 0 Å². The lowest BCUT2D eigenvalue weighted by Gasteiger charge is -2.34. The van der Waals surface area contributed by atoms with Crippen molar-refractivity contribution >= 4 is 47.0 Å². The zero-order valence-corrected chi connectivity index (χ0v) is 19.9. The Hall–Kier alpha value is -2.40. The van der Waals surface area contributed by atoms with Gasteiger partial charge in [-0.15, -0.1) is 0 Å². The Morgan fingerprint density at radius 3 is 2.03 bits per heavy atom. The fourth-order valence-corrected chi connectivity index (χ4v) is 4.59. The summed E-state index contributed by atoms with van der Waals surface area (Å²) in [4.78, 5) is 45.6. The van der Waals surface area contributed by atoms with Crippen LogP contribution in [0.25, 0.3) is 0 Å². The average Bonchev–Trinajstić information content (AvgIpc) is 3.44. The molecular formula is C22H28Cl2N2O8. The van der Waals surface area contributed by atoms with Crippen molar-refractivity contribution in [1.82, 2.24) is 10.2 Å². The molecule has 34 heavy (non-hydrogen) atoms. The number of amides is 1. The number of nitrogens with zero attached hydrogens (tertiary/aromatic N) is 1. The van der Waals surface area contributed by atoms with Crippen LogP contribution in [0.4, 0.5) is 0 Å². The minimum atomic E-state index is -2.74. The summed E-state index contributed by atoms with van der Waals surface area (Å²) in [6.07, 6.45) is 3.33. The molecule has 1 aromatic rings. The molecule has 0 bridgehead atoms. The zero-order valence-electron chi connectivity index (χ0n) is 18.4. The molecule has 10 nitrogen and oxygen atoms in total. The van der Waals surface area contributed by atoms with Crippen molar-refractivity contribution in [3.63, 3.8) is 0 Å². The third-order valence-electron chi connectivity index (χ3n) is 5.85. The highest BCUT2D eigenvalue weighted by atomic mass is 35.5. The number of hydrogen-bond acceptors (Lipinski definition) is 6. The van der Waals surface area contributed by atoms with Gasteiger partial charge in [-0.1, -0.05) is 42.1 Å². The average molecular weight is 519 g/mol. The van der Waals surface area contributed by atoms with Gasteiger partial charge in [-0.05, 0) is 37.9 Å². The topological polar surface area (TPSA) is 164 Å². The van der Waals surface area contributed by atoms with Crippen molar-refractivity contribution < 1.29 is 39.6 Å². The van der Waals surface area contributed by atoms with Crippen LogP contribution in [0.3, 0.4) is 0 Å². The van der Waals surface area contributed by atoms with E-state index in [-0.39, 0.29) is 11.9 Å². The number of rotatable bonds is 8. The van der Waals surface area contributed by atoms with Gasteiger partial charge in [-0.25, -0.2) is 4.79 Å². The van der Waals surface area contributed by atoms with Gasteiger partial charge in [-0.2, -0.15) is 0 Å². The molecule has 1 saturated carbocycles. The first-order valence-electron chi connectivity index (χ1n) is 10.8. The number of carbonyl (C=O) groups excluding carboxylic acids is 1. The third kappa shape index (κ3) is 7.30. The number of carboxylic acid groups (broad SMARTS) is 3. The number of aliphatic carboxylic acids is 3. The lowest BCUT2D eigenvalue weighted by atomic mass is 9.96. The van der Waals surface area contributed by atoms with E-state index >= 15 is 0 Å². The second-order valence-electron chi connectivity index (χ2n) is 8.38. The Balaban J connectivity index is 0.000000273. The lowest BCUT2D eigenvalue weighted by molar-refractivity contribution is -0.170. The van der Waals surface area contributed by atoms with E-state index < -0.39 is 36.4 Å². The van der Waals surface area contributed by atoms with Crippen LogP contribution in [0.1, 0.15) is 55.3 Å². The molecular weight excluding hydrogens is 491 g/mol. The molecule has 1 aromatic carbocycles. The quantitative estimate of drug-likeness (QED) is 0.347. The Morgan fingerprint density at radius 2 is 1.56 bits per heavy atom. The molecule has 0 spiro atoms. The van der Waals surface area contributed by atoms with Crippen molar-refractivity contribution in [2.75, 3.05) is 13.1 Å². The summed E-state index contributed by atoms with van der Waals surface area (Å²) in [7, 11) is 0. The molecule has 1 atom stereocenters. The van der Waals surface area contributed by atoms with E-state index in [0.29, 0.717) is 21.7 Å². The van der Waals surface area contributed by atoms with E-state index in [1.54, 1.807) is 18.2 Å². The molecule has 1 aliphatic heterocycles. The van der Waals surface area contributed by atoms with Gasteiger partial charge < -0.3 is 30.6 Å². The third-order valence-corrected chi connectivity index (χ3v) is 6.67. The van der Waals surface area contributed by atoms with Crippen LogP contribution in [0, 0.1) is 0 Å². The van der Waals surface area contributed by atoms with Gasteiger partial charge in [0.25, 0.3) is 5.91 Å². The van der Waals surface area contributed by atoms with Crippen LogP contribution >= 0.6 is 23.2 Å². The summed E-state index contributed by atoms with van der Waals surface area (Å²) >= 11 is 12.3. The van der Waals surface area contributed by atoms with Crippen LogP contribution in [0.5, 0.6) is 0 Å². The Morgan fingerprint density at radius 1 is 0.971 bits per heavy atom. The predicted octanol–water partition coefficient (Wildman–Crippen LogP) is 2.49. The van der Waals surface area contributed by atoms with Gasteiger partial charge in [0.1, 0.15) is 0 Å². The molecule has 0 radical (unpaired) electrons. The number of carboxylic acids is 3. The minimum absolute atomic E-state index is 0.0306. The standard InChI is InChI=1S/C16H20Cl2N2O.C6H8O7/c17-14-7-3-6-13(15(14)18)16(21)20(11-4-1-2-5-11)12-8-9-19-10-12;7-3(8)1-6(13,5(11)12)2-4(9)10/h3,6-7,11-12,19H,1-2,4-5,8-10H2;13H,1-2H2,(H,7,8)(H,9,10)(H,11,12)/t12-;/m0./s1. The largest absolute Gasteiger partial charge is 0.481 e. The summed E-state index contributed by atoms with van der Waals surface area (Å²) in [6, 6.07) is 5.91. The van der Waals surface area contributed by atoms with E-state index in [0.717, 1.165) is 32.4 Å². The summed E-state index contributed by atoms with van der Waals surface area (Å²) in [5.41, 5.74) is -2.21. The van der Waals surface area contributed by atoms with Crippen LogP contribution < -0.4 is 5.32 Å². The summed E-state index contributed by atoms with van der Waals surface area (Å²) < 4.78 is 0. The highest BCUT2D eigenvalue weighted by molar-refractivity contribution is 6.43. The number of nitrogens with one attached hydrogen (secondary N) is 1. The normalized spacial score (nSPS) is 18.1. The molecule has 1 saturated heterocycles. The number of carbonyl (C=O) groups is 4. The van der Waals surface area contributed by atoms with E-state index in [9.17, 15) is 19.2 Å². The summed E-state index contributed by atoms with van der Waals surface area (Å²) in [5, 5.41) is 38.0. The maximum Gasteiger partial charge on any atom is 0.336 e. The van der Waals surface area contributed by atoms with Crippen LogP contribution in [0.15, 0.2) is 18.2 Å². The molecule has 5 N–H and O–H groups in total. The highest BCUT2D eigenvalue weighted by Crippen LogP contribution is 2.32. The lowest BCUT2D eigenvalue weighted by Crippen LogP contribution is -2.47. The summed E-state index contributed by atoms with van der Waals surface area (Å²) in [6.45, 7) is 1.85. The van der Waals surface area contributed by atoms with Gasteiger partial charge in [-0.3, -0.25) is 14.4 Å². The van der Waals surface area contributed by atoms with Crippen molar-refractivity contribution in [3.05, 3.63) is 33.8 Å². The van der Waals surface area contributed by atoms with E-state index in [2.05, 4.69) is 10.2 Å². The summed E-state index contributed by atoms with van der Waals surface area (Å²) in [5.74, 6) is -4.99. The fraction of sp³-hybridized carbons (Fsp3) is 0.545. The zero-order chi connectivity index (χ0) is 25.5. The van der Waals surface area contributed by atoms with E-state index in [4.69, 9.17) is 43.6 Å². The molecule has 3 rings (SSSR count). The highest BCUT2D eigenvalue weighted by Gasteiger charge is 2.41. The van der Waals surface area contributed by atoms with Crippen LogP contribution in [-0.2, 0) is 14.4 Å². The maximum absolute atomic E-state index is 13.0. The maximum atomic E-state index is 13.0. The smallest absolute Gasteiger partial charge is 0.336 e. The molecule has 188 valence electrons. The molecule has 1 amide bonds. The van der Waals surface area contributed by atoms with Gasteiger partial charge in [0.05, 0.1) is 28.5 Å². The molecule has 1 aliphatic carbocycles. The molecule has 2 fully saturated rings. The minimum Gasteiger partial charge on any atom is -0.481 e. The number of aliphatic hydroxyl groups is 1. The first kappa shape index (κ1) is 27.8. The molecule has 0 aromatic heterocycles. The predicted molar refractivity (Wildman–Crippen MR) is 123 cm³/mol. The fourth-order valence-electron chi connectivity index (χ4n) is 4.21. The molecule has 2 aliphatic rings. The van der Waals surface area contributed by atoms with Crippen molar-refractivity contribution in [3.8, 4) is 0 Å². The second-order valence-corrected chi connectivity index (χ2v) is 9.16. The molecule has 1 heterocycles. The van der Waals surface area contributed by atoms with Crippen molar-refractivity contribution in [2.45, 2.75) is 62.6 Å². The first-order valence-corrected chi connectivity index (χ1v) is 11.6. The van der Waals surface area contributed by atoms with Gasteiger partial charge >= 0.3 is 17.9 Å². The van der Waals surface area contributed by atoms with Gasteiger partial charge in [0.15, 0.2) is 5.60 Å². The first-order chi connectivity index (χ1) is 16.0. The van der Waals surface area contributed by atoms with Crippen LogP contribution in [0.2, 0.25) is 10.0 Å². The van der Waals surface area contributed by atoms with E-state index in [1.165, 1.54) is 12.8 Å². The number of hydrogen-bond donors (Lipinski definition) is 5. The van der Waals surface area contributed by atoms with E-state index in [1.807, 2.05) is 0 Å². The Bertz CT molecular complexity index is 882. The van der Waals surface area contributed by atoms with Crippen molar-refractivity contribution in [1.29, 1.82) is 0 Å². The van der Waals surface area contributed by atoms with Gasteiger partial charge in [0, 0.05) is 18.6 Å². The molecule has 12 heteroatoms. The monoisotopic (exact) mass is 518 g/mol. The SMILES string of the molecule is O=C(O)CC(O)(CC(=O)O)C(=O)O.O=C(c1cccc(Cl)c1Cl)N(C1CCCC1)[C@H]1CCNC1. The van der Waals surface area contributed by atoms with Gasteiger partial charge in [0.2, 0.25) is 0 Å². The van der Waals surface area contributed by atoms with Crippen LogP contribution in [-0.4, -0.2) is 79.9 Å². The second kappa shape index (κ2) is 12.3. The number of benzene rings is 1. The number of halogens is 2. The Kier molecular flexibility index (Phi) is 10.1. The molecule has 0 unspecified atom stereocenters. The Labute approximate surface area is 206 Å².